The SMILES string of the molecule is [B]OC(=O)c1cc(C(C)(C)C)cc(C(C)(C)C)c1O. The van der Waals surface area contributed by atoms with E-state index in [-0.39, 0.29) is 22.1 Å². The van der Waals surface area contributed by atoms with Crippen LogP contribution in [0.5, 0.6) is 5.75 Å². The Kier molecular flexibility index (Phi) is 4.04. The molecule has 0 aliphatic carbocycles. The molecular weight excluding hydrogens is 239 g/mol. The first-order valence-electron chi connectivity index (χ1n) is 6.27. The van der Waals surface area contributed by atoms with Crippen LogP contribution in [0, 0.1) is 0 Å². The van der Waals surface area contributed by atoms with Crippen LogP contribution in [0.1, 0.15) is 63.0 Å². The van der Waals surface area contributed by atoms with E-state index in [0.717, 1.165) is 5.56 Å². The molecule has 1 rings (SSSR count). The van der Waals surface area contributed by atoms with Gasteiger partial charge in [-0.15, -0.1) is 0 Å². The highest BCUT2D eigenvalue weighted by atomic mass is 16.5. The van der Waals surface area contributed by atoms with Crippen molar-refractivity contribution < 1.29 is 14.6 Å². The quantitative estimate of drug-likeness (QED) is 0.788. The number of aromatic hydroxyl groups is 1. The van der Waals surface area contributed by atoms with Crippen molar-refractivity contribution in [2.45, 2.75) is 52.4 Å². The second-order valence-corrected chi connectivity index (χ2v) is 6.83. The van der Waals surface area contributed by atoms with E-state index in [0.29, 0.717) is 5.56 Å². The van der Waals surface area contributed by atoms with E-state index in [9.17, 15) is 9.90 Å². The zero-order valence-corrected chi connectivity index (χ0v) is 12.5. The number of phenolic OH excluding ortho intramolecular Hbond substituents is 1. The fraction of sp³-hybridized carbons (Fsp3) is 0.533. The summed E-state index contributed by atoms with van der Waals surface area (Å²) < 4.78 is 4.25. The van der Waals surface area contributed by atoms with Gasteiger partial charge in [-0.3, -0.25) is 0 Å². The first-order valence-corrected chi connectivity index (χ1v) is 6.27. The summed E-state index contributed by atoms with van der Waals surface area (Å²) in [6, 6.07) is 3.57. The Morgan fingerprint density at radius 1 is 1.11 bits per heavy atom. The maximum Gasteiger partial charge on any atom is 0.378 e. The summed E-state index contributed by atoms with van der Waals surface area (Å²) in [7, 11) is 4.93. The molecule has 0 saturated heterocycles. The molecule has 2 radical (unpaired) electrons. The van der Waals surface area contributed by atoms with Crippen molar-refractivity contribution in [2.75, 3.05) is 0 Å². The van der Waals surface area contributed by atoms with Crippen LogP contribution in [0.15, 0.2) is 12.1 Å². The molecule has 0 saturated carbocycles. The molecule has 0 aliphatic heterocycles. The Morgan fingerprint density at radius 3 is 2.00 bits per heavy atom. The van der Waals surface area contributed by atoms with Gasteiger partial charge in [0.05, 0.1) is 0 Å². The van der Waals surface area contributed by atoms with Crippen molar-refractivity contribution in [2.24, 2.45) is 0 Å². The topological polar surface area (TPSA) is 46.5 Å². The Morgan fingerprint density at radius 2 is 1.63 bits per heavy atom. The van der Waals surface area contributed by atoms with Crippen LogP contribution in [-0.2, 0) is 15.5 Å². The third-order valence-electron chi connectivity index (χ3n) is 3.11. The average molecular weight is 260 g/mol. The lowest BCUT2D eigenvalue weighted by Crippen LogP contribution is -2.19. The molecule has 0 amide bonds. The Labute approximate surface area is 116 Å². The molecule has 1 aromatic carbocycles. The van der Waals surface area contributed by atoms with E-state index >= 15 is 0 Å². The summed E-state index contributed by atoms with van der Waals surface area (Å²) in [4.78, 5) is 11.7. The Hall–Kier alpha value is -1.45. The minimum absolute atomic E-state index is 0.0593. The molecule has 0 heterocycles. The average Bonchev–Trinajstić information content (AvgIpc) is 2.25. The standard InChI is InChI=1S/C15H21BO3/c1-14(2,3)9-7-10(13(18)19-16)12(17)11(8-9)15(4,5)6/h7-8,17H,1-6H3. The molecule has 0 bridgehead atoms. The summed E-state index contributed by atoms with van der Waals surface area (Å²) in [6.07, 6.45) is 0. The first kappa shape index (κ1) is 15.6. The maximum absolute atomic E-state index is 11.7. The van der Waals surface area contributed by atoms with Crippen molar-refractivity contribution in [1.82, 2.24) is 0 Å². The van der Waals surface area contributed by atoms with Gasteiger partial charge in [-0.2, -0.15) is 0 Å². The lowest BCUT2D eigenvalue weighted by atomic mass is 9.79. The second kappa shape index (κ2) is 4.91. The van der Waals surface area contributed by atoms with Gasteiger partial charge in [-0.1, -0.05) is 47.6 Å². The lowest BCUT2D eigenvalue weighted by Gasteiger charge is -2.27. The van der Waals surface area contributed by atoms with E-state index < -0.39 is 5.97 Å². The minimum Gasteiger partial charge on any atom is -0.540 e. The highest BCUT2D eigenvalue weighted by Gasteiger charge is 2.27. The first-order chi connectivity index (χ1) is 8.48. The van der Waals surface area contributed by atoms with Crippen LogP contribution in [0.2, 0.25) is 0 Å². The zero-order chi connectivity index (χ0) is 15.0. The van der Waals surface area contributed by atoms with Crippen LogP contribution in [-0.4, -0.2) is 19.1 Å². The van der Waals surface area contributed by atoms with Crippen molar-refractivity contribution >= 4 is 14.0 Å². The number of hydrogen-bond donors (Lipinski definition) is 1. The molecule has 0 aliphatic rings. The predicted octanol–water partition coefficient (Wildman–Crippen LogP) is 3.23. The third-order valence-corrected chi connectivity index (χ3v) is 3.11. The molecule has 4 heteroatoms. The molecule has 19 heavy (non-hydrogen) atoms. The number of phenols is 1. The van der Waals surface area contributed by atoms with Gasteiger partial charge in [0.2, 0.25) is 0 Å². The molecular formula is C15H21BO3. The van der Waals surface area contributed by atoms with Gasteiger partial charge in [0.25, 0.3) is 0 Å². The molecule has 0 spiro atoms. The summed E-state index contributed by atoms with van der Waals surface area (Å²) in [5.41, 5.74) is 1.35. The third kappa shape index (κ3) is 3.31. The predicted molar refractivity (Wildman–Crippen MR) is 76.7 cm³/mol. The maximum atomic E-state index is 11.7. The summed E-state index contributed by atoms with van der Waals surface area (Å²) in [6.45, 7) is 12.1. The summed E-state index contributed by atoms with van der Waals surface area (Å²) in [5, 5.41) is 10.3. The van der Waals surface area contributed by atoms with Crippen LogP contribution in [0.3, 0.4) is 0 Å². The van der Waals surface area contributed by atoms with Gasteiger partial charge in [0.1, 0.15) is 11.3 Å². The summed E-state index contributed by atoms with van der Waals surface area (Å²) >= 11 is 0. The lowest BCUT2D eigenvalue weighted by molar-refractivity contribution is 0.0746. The molecule has 0 aromatic heterocycles. The van der Waals surface area contributed by atoms with E-state index in [1.165, 1.54) is 0 Å². The highest BCUT2D eigenvalue weighted by molar-refractivity contribution is 6.10. The second-order valence-electron chi connectivity index (χ2n) is 6.83. The van der Waals surface area contributed by atoms with Crippen molar-refractivity contribution in [3.8, 4) is 5.75 Å². The molecule has 0 atom stereocenters. The van der Waals surface area contributed by atoms with Gasteiger partial charge in [-0.25, -0.2) is 4.79 Å². The summed E-state index contributed by atoms with van der Waals surface area (Å²) in [5.74, 6) is -0.787. The van der Waals surface area contributed by atoms with Crippen LogP contribution in [0.25, 0.3) is 0 Å². The van der Waals surface area contributed by atoms with E-state index in [1.54, 1.807) is 6.07 Å². The number of carbonyl (C=O) groups is 1. The fourth-order valence-electron chi connectivity index (χ4n) is 1.86. The molecule has 3 nitrogen and oxygen atoms in total. The van der Waals surface area contributed by atoms with Crippen molar-refractivity contribution in [3.63, 3.8) is 0 Å². The van der Waals surface area contributed by atoms with Gasteiger partial charge in [0.15, 0.2) is 0 Å². The van der Waals surface area contributed by atoms with E-state index in [2.05, 4.69) is 4.65 Å². The molecule has 0 fully saturated rings. The van der Waals surface area contributed by atoms with Crippen LogP contribution < -0.4 is 0 Å². The van der Waals surface area contributed by atoms with Gasteiger partial charge >= 0.3 is 14.0 Å². The molecule has 0 unspecified atom stereocenters. The number of benzene rings is 1. The van der Waals surface area contributed by atoms with Gasteiger partial charge in [-0.05, 0) is 22.5 Å². The van der Waals surface area contributed by atoms with Crippen LogP contribution in [0.4, 0.5) is 0 Å². The van der Waals surface area contributed by atoms with E-state index in [4.69, 9.17) is 8.05 Å². The van der Waals surface area contributed by atoms with Gasteiger partial charge < -0.3 is 9.76 Å². The number of rotatable bonds is 1. The van der Waals surface area contributed by atoms with Crippen molar-refractivity contribution in [3.05, 3.63) is 28.8 Å². The highest BCUT2D eigenvalue weighted by Crippen LogP contribution is 2.37. The molecule has 102 valence electrons. The molecule has 1 aromatic rings. The minimum atomic E-state index is -0.728. The smallest absolute Gasteiger partial charge is 0.378 e. The normalized spacial score (nSPS) is 12.3. The molecule has 1 N–H and O–H groups in total. The van der Waals surface area contributed by atoms with Crippen molar-refractivity contribution in [1.29, 1.82) is 0 Å². The zero-order valence-electron chi connectivity index (χ0n) is 12.5. The largest absolute Gasteiger partial charge is 0.540 e. The van der Waals surface area contributed by atoms with Gasteiger partial charge in [0, 0.05) is 5.56 Å². The van der Waals surface area contributed by atoms with Crippen LogP contribution >= 0.6 is 0 Å². The Bertz CT molecular complexity index is 493. The monoisotopic (exact) mass is 260 g/mol. The van der Waals surface area contributed by atoms with E-state index in [1.807, 2.05) is 47.6 Å². The Balaban J connectivity index is 3.62. The number of hydrogen-bond acceptors (Lipinski definition) is 3. The number of carbonyl (C=O) groups excluding carboxylic acids is 1. The fourth-order valence-corrected chi connectivity index (χ4v) is 1.86.